The Bertz CT molecular complexity index is 1050. The fourth-order valence-corrected chi connectivity index (χ4v) is 5.50. The largest absolute Gasteiger partial charge is 0.486 e. The van der Waals surface area contributed by atoms with Crippen LogP contribution in [0.1, 0.15) is 36.9 Å². The molecule has 2 aromatic carbocycles. The van der Waals surface area contributed by atoms with Crippen LogP contribution in [0, 0.1) is 12.8 Å². The predicted octanol–water partition coefficient (Wildman–Crippen LogP) is 3.04. The lowest BCUT2D eigenvalue weighted by atomic mass is 9.97. The van der Waals surface area contributed by atoms with Gasteiger partial charge in [0, 0.05) is 13.1 Å². The zero-order valence-electron chi connectivity index (χ0n) is 17.8. The number of nitrogens with one attached hydrogen (secondary N) is 1. The molecule has 166 valence electrons. The minimum absolute atomic E-state index is 0.133. The second kappa shape index (κ2) is 8.88. The maximum atomic E-state index is 13.0. The van der Waals surface area contributed by atoms with E-state index in [-0.39, 0.29) is 29.3 Å². The summed E-state index contributed by atoms with van der Waals surface area (Å²) in [6.45, 7) is 5.48. The van der Waals surface area contributed by atoms with E-state index in [1.165, 1.54) is 4.31 Å². The third-order valence-corrected chi connectivity index (χ3v) is 7.72. The lowest BCUT2D eigenvalue weighted by Crippen LogP contribution is -2.45. The Kier molecular flexibility index (Phi) is 6.20. The zero-order chi connectivity index (χ0) is 22.0. The van der Waals surface area contributed by atoms with E-state index in [9.17, 15) is 13.2 Å². The average Bonchev–Trinajstić information content (AvgIpc) is 2.79. The van der Waals surface area contributed by atoms with Crippen molar-refractivity contribution in [1.29, 1.82) is 0 Å². The van der Waals surface area contributed by atoms with Crippen molar-refractivity contribution in [2.45, 2.75) is 37.6 Å². The van der Waals surface area contributed by atoms with Gasteiger partial charge in [0.1, 0.15) is 13.2 Å². The second-order valence-electron chi connectivity index (χ2n) is 8.15. The number of carbonyl (C=O) groups excluding carboxylic acids is 1. The summed E-state index contributed by atoms with van der Waals surface area (Å²) in [5.74, 6) is 0.871. The molecular weight excluding hydrogens is 416 g/mol. The van der Waals surface area contributed by atoms with Gasteiger partial charge >= 0.3 is 0 Å². The van der Waals surface area contributed by atoms with Crippen molar-refractivity contribution in [2.24, 2.45) is 5.92 Å². The SMILES string of the molecule is Cc1ccc(S(=O)(=O)N2CCC[C@H](C(=O)N[C@H](C)c3ccc4c(c3)OCCO4)C2)cc1. The smallest absolute Gasteiger partial charge is 0.243 e. The number of aryl methyl sites for hydroxylation is 1. The van der Waals surface area contributed by atoms with E-state index >= 15 is 0 Å². The number of carbonyl (C=O) groups is 1. The van der Waals surface area contributed by atoms with E-state index in [4.69, 9.17) is 9.47 Å². The molecule has 0 radical (unpaired) electrons. The first kappa shape index (κ1) is 21.6. The summed E-state index contributed by atoms with van der Waals surface area (Å²) in [5, 5.41) is 3.04. The minimum atomic E-state index is -3.61. The third kappa shape index (κ3) is 4.70. The van der Waals surface area contributed by atoms with Gasteiger partial charge in [-0.2, -0.15) is 4.31 Å². The van der Waals surface area contributed by atoms with Gasteiger partial charge in [0.15, 0.2) is 11.5 Å². The fraction of sp³-hybridized carbons (Fsp3) is 0.435. The lowest BCUT2D eigenvalue weighted by Gasteiger charge is -2.32. The molecule has 2 heterocycles. The number of benzene rings is 2. The number of ether oxygens (including phenoxy) is 2. The van der Waals surface area contributed by atoms with Crippen LogP contribution in [-0.2, 0) is 14.8 Å². The summed E-state index contributed by atoms with van der Waals surface area (Å²) in [6.07, 6.45) is 1.32. The van der Waals surface area contributed by atoms with E-state index in [0.29, 0.717) is 44.1 Å². The maximum absolute atomic E-state index is 13.0. The molecule has 1 fully saturated rings. The normalized spacial score (nSPS) is 20.1. The van der Waals surface area contributed by atoms with Crippen molar-refractivity contribution in [1.82, 2.24) is 9.62 Å². The summed E-state index contributed by atoms with van der Waals surface area (Å²) in [6, 6.07) is 12.2. The highest BCUT2D eigenvalue weighted by Crippen LogP contribution is 2.33. The van der Waals surface area contributed by atoms with E-state index in [1.807, 2.05) is 32.0 Å². The highest BCUT2D eigenvalue weighted by molar-refractivity contribution is 7.89. The molecule has 0 unspecified atom stereocenters. The number of sulfonamides is 1. The van der Waals surface area contributed by atoms with Crippen molar-refractivity contribution in [3.63, 3.8) is 0 Å². The van der Waals surface area contributed by atoms with Gasteiger partial charge < -0.3 is 14.8 Å². The molecular formula is C23H28N2O5S. The van der Waals surface area contributed by atoms with Gasteiger partial charge in [-0.25, -0.2) is 8.42 Å². The van der Waals surface area contributed by atoms with Gasteiger partial charge in [-0.1, -0.05) is 23.8 Å². The highest BCUT2D eigenvalue weighted by atomic mass is 32.2. The summed E-state index contributed by atoms with van der Waals surface area (Å²) >= 11 is 0. The fourth-order valence-electron chi connectivity index (χ4n) is 3.98. The molecule has 4 rings (SSSR count). The molecule has 2 aromatic rings. The Morgan fingerprint density at radius 2 is 1.81 bits per heavy atom. The molecule has 0 saturated carbocycles. The number of hydrogen-bond donors (Lipinski definition) is 1. The lowest BCUT2D eigenvalue weighted by molar-refractivity contribution is -0.126. The number of piperidine rings is 1. The number of nitrogens with zero attached hydrogens (tertiary/aromatic N) is 1. The van der Waals surface area contributed by atoms with Gasteiger partial charge in [0.2, 0.25) is 15.9 Å². The van der Waals surface area contributed by atoms with Gasteiger partial charge in [-0.05, 0) is 56.5 Å². The molecule has 0 aromatic heterocycles. The van der Waals surface area contributed by atoms with Crippen molar-refractivity contribution < 1.29 is 22.7 Å². The molecule has 1 saturated heterocycles. The van der Waals surface area contributed by atoms with Crippen molar-refractivity contribution in [3.05, 3.63) is 53.6 Å². The van der Waals surface area contributed by atoms with Gasteiger partial charge in [0.25, 0.3) is 0 Å². The van der Waals surface area contributed by atoms with Gasteiger partial charge in [-0.15, -0.1) is 0 Å². The standard InChI is InChI=1S/C23H28N2O5S/c1-16-5-8-20(9-6-16)31(27,28)25-11-3-4-19(15-25)23(26)24-17(2)18-7-10-21-22(14-18)30-13-12-29-21/h5-10,14,17,19H,3-4,11-13,15H2,1-2H3,(H,24,26)/t17-,19+/m1/s1. The molecule has 1 amide bonds. The van der Waals surface area contributed by atoms with E-state index < -0.39 is 10.0 Å². The molecule has 2 atom stereocenters. The number of fused-ring (bicyclic) bond motifs is 1. The third-order valence-electron chi connectivity index (χ3n) is 5.84. The highest BCUT2D eigenvalue weighted by Gasteiger charge is 2.33. The van der Waals surface area contributed by atoms with Crippen molar-refractivity contribution in [3.8, 4) is 11.5 Å². The first-order valence-corrected chi connectivity index (χ1v) is 12.1. The molecule has 0 bridgehead atoms. The number of amides is 1. The first-order chi connectivity index (χ1) is 14.8. The van der Waals surface area contributed by atoms with Crippen LogP contribution in [0.3, 0.4) is 0 Å². The van der Waals surface area contributed by atoms with Crippen LogP contribution < -0.4 is 14.8 Å². The molecule has 2 aliphatic heterocycles. The van der Waals surface area contributed by atoms with Crippen molar-refractivity contribution in [2.75, 3.05) is 26.3 Å². The molecule has 0 spiro atoms. The summed E-state index contributed by atoms with van der Waals surface area (Å²) in [5.41, 5.74) is 1.92. The zero-order valence-corrected chi connectivity index (χ0v) is 18.7. The van der Waals surface area contributed by atoms with Crippen LogP contribution in [0.15, 0.2) is 47.4 Å². The van der Waals surface area contributed by atoms with Crippen LogP contribution >= 0.6 is 0 Å². The van der Waals surface area contributed by atoms with Crippen LogP contribution in [-0.4, -0.2) is 44.9 Å². The van der Waals surface area contributed by atoms with Crippen LogP contribution in [0.2, 0.25) is 0 Å². The Balaban J connectivity index is 1.42. The Morgan fingerprint density at radius 3 is 2.55 bits per heavy atom. The second-order valence-corrected chi connectivity index (χ2v) is 10.1. The average molecular weight is 445 g/mol. The summed E-state index contributed by atoms with van der Waals surface area (Å²) in [4.78, 5) is 13.2. The minimum Gasteiger partial charge on any atom is -0.486 e. The van der Waals surface area contributed by atoms with Gasteiger partial charge in [-0.3, -0.25) is 4.79 Å². The van der Waals surface area contributed by atoms with Crippen molar-refractivity contribution >= 4 is 15.9 Å². The molecule has 2 aliphatic rings. The van der Waals surface area contributed by atoms with Crippen LogP contribution in [0.25, 0.3) is 0 Å². The number of rotatable bonds is 5. The predicted molar refractivity (Wildman–Crippen MR) is 117 cm³/mol. The Labute approximate surface area is 183 Å². The van der Waals surface area contributed by atoms with Crippen LogP contribution in [0.5, 0.6) is 11.5 Å². The Morgan fingerprint density at radius 1 is 1.10 bits per heavy atom. The monoisotopic (exact) mass is 444 g/mol. The van der Waals surface area contributed by atoms with E-state index in [0.717, 1.165) is 11.1 Å². The van der Waals surface area contributed by atoms with Crippen LogP contribution in [0.4, 0.5) is 0 Å². The quantitative estimate of drug-likeness (QED) is 0.766. The Hall–Kier alpha value is -2.58. The van der Waals surface area contributed by atoms with E-state index in [2.05, 4.69) is 5.32 Å². The first-order valence-electron chi connectivity index (χ1n) is 10.6. The maximum Gasteiger partial charge on any atom is 0.243 e. The molecule has 1 N–H and O–H groups in total. The summed E-state index contributed by atoms with van der Waals surface area (Å²) in [7, 11) is -3.61. The topological polar surface area (TPSA) is 84.9 Å². The van der Waals surface area contributed by atoms with Gasteiger partial charge in [0.05, 0.1) is 16.9 Å². The number of hydrogen-bond acceptors (Lipinski definition) is 5. The summed E-state index contributed by atoms with van der Waals surface area (Å²) < 4.78 is 38.6. The molecule has 7 nitrogen and oxygen atoms in total. The molecule has 0 aliphatic carbocycles. The molecule has 31 heavy (non-hydrogen) atoms. The van der Waals surface area contributed by atoms with E-state index in [1.54, 1.807) is 24.3 Å². The molecule has 8 heteroatoms.